The first-order valence-corrected chi connectivity index (χ1v) is 11.4. The van der Waals surface area contributed by atoms with E-state index in [0.717, 1.165) is 0 Å². The molecule has 4 amide bonds. The number of aliphatic carboxylic acids is 2. The molecule has 0 bridgehead atoms. The summed E-state index contributed by atoms with van der Waals surface area (Å²) in [6, 6.07) is -5.17. The predicted molar refractivity (Wildman–Crippen MR) is 119 cm³/mol. The van der Waals surface area contributed by atoms with E-state index in [2.05, 4.69) is 28.6 Å². The van der Waals surface area contributed by atoms with Crippen LogP contribution in [0, 0.1) is 0 Å². The molecule has 13 nitrogen and oxygen atoms in total. The molecule has 32 heavy (non-hydrogen) atoms. The van der Waals surface area contributed by atoms with Crippen molar-refractivity contribution < 1.29 is 39.0 Å². The zero-order valence-electron chi connectivity index (χ0n) is 17.4. The predicted octanol–water partition coefficient (Wildman–Crippen LogP) is -2.72. The number of thiol groups is 1. The maximum absolute atomic E-state index is 12.7. The number of amides is 4. The van der Waals surface area contributed by atoms with Crippen LogP contribution in [-0.2, 0) is 28.8 Å². The van der Waals surface area contributed by atoms with Gasteiger partial charge in [0.1, 0.15) is 18.1 Å². The number of carbonyl (C=O) groups excluding carboxylic acids is 4. The van der Waals surface area contributed by atoms with Crippen molar-refractivity contribution >= 4 is 60.0 Å². The van der Waals surface area contributed by atoms with Crippen LogP contribution in [0.15, 0.2) is 0 Å². The summed E-state index contributed by atoms with van der Waals surface area (Å²) < 4.78 is 0. The number of primary amides is 1. The van der Waals surface area contributed by atoms with Crippen LogP contribution in [0.5, 0.6) is 0 Å². The Morgan fingerprint density at radius 1 is 0.906 bits per heavy atom. The highest BCUT2D eigenvalue weighted by Gasteiger charge is 2.31. The topological polar surface area (TPSA) is 231 Å². The minimum Gasteiger partial charge on any atom is -0.481 e. The van der Waals surface area contributed by atoms with Crippen LogP contribution in [0.25, 0.3) is 0 Å². The number of nitrogens with one attached hydrogen (secondary N) is 3. The van der Waals surface area contributed by atoms with E-state index >= 15 is 0 Å². The van der Waals surface area contributed by atoms with E-state index in [0.29, 0.717) is 5.75 Å². The quantitative estimate of drug-likeness (QED) is 0.103. The molecule has 0 aromatic carbocycles. The number of thioether (sulfide) groups is 1. The lowest BCUT2D eigenvalue weighted by Crippen LogP contribution is -2.58. The number of carboxylic acid groups (broad SMARTS) is 2. The fourth-order valence-corrected chi connectivity index (χ4v) is 2.98. The van der Waals surface area contributed by atoms with Gasteiger partial charge in [0.15, 0.2) is 0 Å². The molecule has 0 aliphatic carbocycles. The summed E-state index contributed by atoms with van der Waals surface area (Å²) in [5.74, 6) is -5.70. The van der Waals surface area contributed by atoms with Crippen molar-refractivity contribution in [2.75, 3.05) is 17.8 Å². The van der Waals surface area contributed by atoms with Crippen molar-refractivity contribution in [3.8, 4) is 0 Å². The van der Waals surface area contributed by atoms with Gasteiger partial charge in [-0.1, -0.05) is 0 Å². The fraction of sp³-hybridized carbons (Fsp3) is 0.647. The van der Waals surface area contributed by atoms with Crippen molar-refractivity contribution in [1.82, 2.24) is 16.0 Å². The summed E-state index contributed by atoms with van der Waals surface area (Å²) in [6.07, 6.45) is 0.365. The second kappa shape index (κ2) is 15.3. The molecule has 0 aromatic heterocycles. The van der Waals surface area contributed by atoms with Gasteiger partial charge >= 0.3 is 11.9 Å². The Hall–Kier alpha value is -2.52. The summed E-state index contributed by atoms with van der Waals surface area (Å²) >= 11 is 5.32. The standard InChI is InChI=1S/C17H29N5O8S2/c1-32-5-4-9(20-14(26)8(18)7-31)15(27)22-11(6-12(19)23)16(28)21-10(17(29)30)2-3-13(24)25/h8-11,31H,2-7,18H2,1H3,(H2,19,23)(H,20,26)(H,21,28)(H,22,27)(H,24,25)(H,29,30). The summed E-state index contributed by atoms with van der Waals surface area (Å²) in [4.78, 5) is 70.6. The highest BCUT2D eigenvalue weighted by Crippen LogP contribution is 2.05. The van der Waals surface area contributed by atoms with Crippen LogP contribution < -0.4 is 27.4 Å². The smallest absolute Gasteiger partial charge is 0.326 e. The van der Waals surface area contributed by atoms with Gasteiger partial charge in [-0.3, -0.25) is 24.0 Å². The van der Waals surface area contributed by atoms with E-state index in [4.69, 9.17) is 16.6 Å². The SMILES string of the molecule is CSCCC(NC(=O)C(N)CS)C(=O)NC(CC(N)=O)C(=O)NC(CCC(=O)O)C(=O)O. The Morgan fingerprint density at radius 2 is 1.44 bits per heavy atom. The number of hydrogen-bond donors (Lipinski definition) is 8. The van der Waals surface area contributed by atoms with Crippen molar-refractivity contribution in [1.29, 1.82) is 0 Å². The molecule has 4 unspecified atom stereocenters. The molecular weight excluding hydrogens is 466 g/mol. The Bertz CT molecular complexity index is 708. The van der Waals surface area contributed by atoms with Gasteiger partial charge in [0.25, 0.3) is 0 Å². The van der Waals surface area contributed by atoms with E-state index in [1.807, 2.05) is 0 Å². The summed E-state index contributed by atoms with van der Waals surface area (Å²) in [5, 5.41) is 24.7. The highest BCUT2D eigenvalue weighted by atomic mass is 32.2. The molecule has 0 aliphatic rings. The van der Waals surface area contributed by atoms with Crippen LogP contribution in [0.4, 0.5) is 0 Å². The zero-order valence-corrected chi connectivity index (χ0v) is 19.1. The number of hydrogen-bond acceptors (Lipinski definition) is 9. The van der Waals surface area contributed by atoms with Crippen molar-refractivity contribution in [2.24, 2.45) is 11.5 Å². The van der Waals surface area contributed by atoms with Crippen LogP contribution in [-0.4, -0.2) is 87.7 Å². The minimum atomic E-state index is -1.56. The van der Waals surface area contributed by atoms with E-state index < -0.39 is 79.0 Å². The molecule has 0 rings (SSSR count). The van der Waals surface area contributed by atoms with Gasteiger partial charge in [-0.2, -0.15) is 24.4 Å². The summed E-state index contributed by atoms with van der Waals surface area (Å²) in [5.41, 5.74) is 10.7. The maximum atomic E-state index is 12.7. The van der Waals surface area contributed by atoms with Crippen molar-refractivity contribution in [2.45, 2.75) is 49.9 Å². The van der Waals surface area contributed by atoms with Gasteiger partial charge in [0.05, 0.1) is 12.5 Å². The first-order chi connectivity index (χ1) is 14.9. The van der Waals surface area contributed by atoms with Gasteiger partial charge in [-0.05, 0) is 24.9 Å². The van der Waals surface area contributed by atoms with Crippen LogP contribution >= 0.6 is 24.4 Å². The van der Waals surface area contributed by atoms with E-state index in [1.165, 1.54) is 11.8 Å². The second-order valence-corrected chi connectivity index (χ2v) is 8.05. The molecule has 0 radical (unpaired) electrons. The van der Waals surface area contributed by atoms with Crippen LogP contribution in [0.2, 0.25) is 0 Å². The minimum absolute atomic E-state index is 0.0301. The summed E-state index contributed by atoms with van der Waals surface area (Å²) in [6.45, 7) is 0. The molecule has 0 saturated carbocycles. The molecule has 0 fully saturated rings. The third kappa shape index (κ3) is 11.8. The van der Waals surface area contributed by atoms with Gasteiger partial charge in [-0.25, -0.2) is 4.79 Å². The van der Waals surface area contributed by atoms with E-state index in [-0.39, 0.29) is 12.2 Å². The number of carboxylic acids is 2. The molecule has 4 atom stereocenters. The Labute approximate surface area is 194 Å². The molecule has 9 N–H and O–H groups in total. The van der Waals surface area contributed by atoms with Gasteiger partial charge in [-0.15, -0.1) is 0 Å². The van der Waals surface area contributed by atoms with E-state index in [9.17, 15) is 33.9 Å². The maximum Gasteiger partial charge on any atom is 0.326 e. The first-order valence-electron chi connectivity index (χ1n) is 9.42. The lowest BCUT2D eigenvalue weighted by atomic mass is 10.1. The van der Waals surface area contributed by atoms with Crippen molar-refractivity contribution in [3.05, 3.63) is 0 Å². The molecule has 0 heterocycles. The lowest BCUT2D eigenvalue weighted by molar-refractivity contribution is -0.143. The average molecular weight is 496 g/mol. The Kier molecular flexibility index (Phi) is 14.1. The van der Waals surface area contributed by atoms with Gasteiger partial charge in [0.2, 0.25) is 23.6 Å². The molecule has 0 aromatic rings. The third-order valence-electron chi connectivity index (χ3n) is 4.08. The van der Waals surface area contributed by atoms with Crippen LogP contribution in [0.3, 0.4) is 0 Å². The van der Waals surface area contributed by atoms with Gasteiger partial charge in [0, 0.05) is 12.2 Å². The Balaban J connectivity index is 5.44. The molecule has 0 aliphatic heterocycles. The molecular formula is C17H29N5O8S2. The second-order valence-electron chi connectivity index (χ2n) is 6.70. The monoisotopic (exact) mass is 495 g/mol. The zero-order chi connectivity index (χ0) is 24.8. The third-order valence-corrected chi connectivity index (χ3v) is 5.11. The largest absolute Gasteiger partial charge is 0.481 e. The van der Waals surface area contributed by atoms with E-state index in [1.54, 1.807) is 6.26 Å². The normalized spacial score (nSPS) is 14.3. The number of carbonyl (C=O) groups is 6. The Morgan fingerprint density at radius 3 is 1.91 bits per heavy atom. The van der Waals surface area contributed by atoms with Crippen LogP contribution in [0.1, 0.15) is 25.7 Å². The highest BCUT2D eigenvalue weighted by molar-refractivity contribution is 7.98. The van der Waals surface area contributed by atoms with Crippen molar-refractivity contribution in [3.63, 3.8) is 0 Å². The van der Waals surface area contributed by atoms with Gasteiger partial charge < -0.3 is 37.6 Å². The molecule has 182 valence electrons. The molecule has 0 spiro atoms. The molecule has 0 saturated heterocycles. The lowest BCUT2D eigenvalue weighted by Gasteiger charge is -2.24. The first kappa shape index (κ1) is 29.5. The summed E-state index contributed by atoms with van der Waals surface area (Å²) in [7, 11) is 0. The number of nitrogens with two attached hydrogens (primary N) is 2. The molecule has 15 heteroatoms. The number of rotatable bonds is 16. The fourth-order valence-electron chi connectivity index (χ4n) is 2.35. The average Bonchev–Trinajstić information content (AvgIpc) is 2.71.